The smallest absolute Gasteiger partial charge is 0.164 e. The number of rotatable bonds is 9. The molecule has 0 fully saturated rings. The number of allylic oxidation sites excluding steroid dienone is 5. The van der Waals surface area contributed by atoms with Gasteiger partial charge >= 0.3 is 0 Å². The second kappa shape index (κ2) is 17.5. The summed E-state index contributed by atoms with van der Waals surface area (Å²) in [7, 11) is 0. The lowest BCUT2D eigenvalue weighted by molar-refractivity contribution is 0.968. The number of fused-ring (bicyclic) bond motifs is 3. The molecule has 12 rings (SSSR count). The van der Waals surface area contributed by atoms with E-state index in [1.165, 1.54) is 50.0 Å². The number of para-hydroxylation sites is 1. The van der Waals surface area contributed by atoms with E-state index in [0.29, 0.717) is 17.5 Å². The summed E-state index contributed by atoms with van der Waals surface area (Å²) in [5, 5.41) is 1.33. The van der Waals surface area contributed by atoms with Gasteiger partial charge in [0.25, 0.3) is 0 Å². The first-order chi connectivity index (χ1) is 33.2. The molecule has 0 radical (unpaired) electrons. The molecule has 2 heterocycles. The van der Waals surface area contributed by atoms with Crippen LogP contribution >= 0.6 is 0 Å². The monoisotopic (exact) mass is 858 g/mol. The maximum Gasteiger partial charge on any atom is 0.164 e. The van der Waals surface area contributed by atoms with Gasteiger partial charge in [0.2, 0.25) is 0 Å². The van der Waals surface area contributed by atoms with Crippen molar-refractivity contribution in [2.45, 2.75) is 25.7 Å². The van der Waals surface area contributed by atoms with Crippen LogP contribution in [0, 0.1) is 0 Å². The Bertz CT molecular complexity index is 3570. The Kier molecular flexibility index (Phi) is 10.5. The SMILES string of the molecule is C1=CCCC(c2cccc(-c3ccc(-c4nc(-c5cccc(-c6cccc(-c7ccccc7)c6)c5)nc(-c5cccc(-c6cccc(-n7c8c(c9ccccc97)CCC=C8)c6)c5)n4)cc3)c2)=C1. The highest BCUT2D eigenvalue weighted by Crippen LogP contribution is 2.37. The molecule has 318 valence electrons. The number of hydrogen-bond donors (Lipinski definition) is 0. The molecule has 67 heavy (non-hydrogen) atoms. The molecule has 0 unspecified atom stereocenters. The van der Waals surface area contributed by atoms with Crippen LogP contribution in [0.25, 0.3) is 107 Å². The lowest BCUT2D eigenvalue weighted by Crippen LogP contribution is -2.01. The third-order valence-corrected chi connectivity index (χ3v) is 13.2. The van der Waals surface area contributed by atoms with Gasteiger partial charge in [-0.15, -0.1) is 0 Å². The average molecular weight is 859 g/mol. The van der Waals surface area contributed by atoms with Gasteiger partial charge < -0.3 is 4.57 Å². The maximum absolute atomic E-state index is 5.25. The summed E-state index contributed by atoms with van der Waals surface area (Å²) in [6.07, 6.45) is 15.5. The maximum atomic E-state index is 5.25. The summed E-state index contributed by atoms with van der Waals surface area (Å²) in [4.78, 5) is 15.7. The third kappa shape index (κ3) is 7.93. The molecule has 0 bridgehead atoms. The minimum atomic E-state index is 0.622. The first-order valence-electron chi connectivity index (χ1n) is 23.3. The standard InChI is InChI=1S/C63H46N4/c1-3-16-43(17-4-1)47-20-11-22-49(38-47)45-34-36-46(37-35-45)61-64-62(54-27-13-24-51(40-54)50-23-12-21-48(39-50)44-18-5-2-6-19-44)66-63(65-61)55-28-14-25-52(41-55)53-26-15-29-56(42-53)67-59-32-9-7-30-57(59)58-31-8-10-33-60(58)67/h1-3,5-7,9-16,18-30,32-42H,4,8,17,31H2. The van der Waals surface area contributed by atoms with Gasteiger partial charge in [-0.2, -0.15) is 0 Å². The summed E-state index contributed by atoms with van der Waals surface area (Å²) in [6.45, 7) is 0. The van der Waals surface area contributed by atoms with E-state index < -0.39 is 0 Å². The first kappa shape index (κ1) is 40.1. The van der Waals surface area contributed by atoms with Crippen molar-refractivity contribution in [2.75, 3.05) is 0 Å². The van der Waals surface area contributed by atoms with Crippen molar-refractivity contribution in [2.24, 2.45) is 0 Å². The molecule has 0 saturated heterocycles. The summed E-state index contributed by atoms with van der Waals surface area (Å²) in [6, 6.07) is 71.6. The van der Waals surface area contributed by atoms with Crippen LogP contribution in [0.2, 0.25) is 0 Å². The van der Waals surface area contributed by atoms with Crippen molar-refractivity contribution in [3.05, 3.63) is 241 Å². The van der Waals surface area contributed by atoms with E-state index in [1.54, 1.807) is 0 Å². The van der Waals surface area contributed by atoms with E-state index in [2.05, 4.69) is 235 Å². The van der Waals surface area contributed by atoms with Crippen molar-refractivity contribution < 1.29 is 0 Å². The van der Waals surface area contributed by atoms with Crippen molar-refractivity contribution >= 4 is 22.6 Å². The Morgan fingerprint density at radius 3 is 1.49 bits per heavy atom. The molecule has 2 aliphatic rings. The minimum Gasteiger partial charge on any atom is -0.310 e. The molecule has 8 aromatic carbocycles. The summed E-state index contributed by atoms with van der Waals surface area (Å²) in [5.74, 6) is 1.87. The van der Waals surface area contributed by atoms with Gasteiger partial charge in [0.1, 0.15) is 0 Å². The van der Waals surface area contributed by atoms with Crippen LogP contribution in [0.5, 0.6) is 0 Å². The summed E-state index contributed by atoms with van der Waals surface area (Å²) < 4.78 is 2.41. The number of aryl methyl sites for hydroxylation is 1. The van der Waals surface area contributed by atoms with Crippen molar-refractivity contribution in [1.29, 1.82) is 0 Å². The van der Waals surface area contributed by atoms with E-state index in [9.17, 15) is 0 Å². The Hall–Kier alpha value is -8.47. The molecule has 10 aromatic rings. The van der Waals surface area contributed by atoms with E-state index >= 15 is 0 Å². The number of aromatic nitrogens is 4. The van der Waals surface area contributed by atoms with Crippen LogP contribution in [0.4, 0.5) is 0 Å². The number of hydrogen-bond acceptors (Lipinski definition) is 3. The van der Waals surface area contributed by atoms with E-state index in [0.717, 1.165) is 75.9 Å². The Balaban J connectivity index is 0.939. The van der Waals surface area contributed by atoms with Crippen LogP contribution in [-0.4, -0.2) is 19.5 Å². The normalized spacial score (nSPS) is 13.1. The molecule has 0 aliphatic heterocycles. The zero-order valence-electron chi connectivity index (χ0n) is 37.1. The molecular weight excluding hydrogens is 813 g/mol. The summed E-state index contributed by atoms with van der Waals surface area (Å²) in [5.41, 5.74) is 19.6. The lowest BCUT2D eigenvalue weighted by Gasteiger charge is -2.14. The molecule has 4 heteroatoms. The van der Waals surface area contributed by atoms with Gasteiger partial charge in [-0.05, 0) is 135 Å². The summed E-state index contributed by atoms with van der Waals surface area (Å²) >= 11 is 0. The van der Waals surface area contributed by atoms with Gasteiger partial charge in [-0.3, -0.25) is 0 Å². The third-order valence-electron chi connectivity index (χ3n) is 13.2. The topological polar surface area (TPSA) is 43.6 Å². The molecular formula is C63H46N4. The molecule has 2 aliphatic carbocycles. The van der Waals surface area contributed by atoms with Gasteiger partial charge in [0, 0.05) is 33.5 Å². The largest absolute Gasteiger partial charge is 0.310 e. The van der Waals surface area contributed by atoms with Crippen LogP contribution in [-0.2, 0) is 6.42 Å². The predicted molar refractivity (Wildman–Crippen MR) is 278 cm³/mol. The Labute approximate surface area is 391 Å². The minimum absolute atomic E-state index is 0.622. The second-order valence-corrected chi connectivity index (χ2v) is 17.4. The van der Waals surface area contributed by atoms with Gasteiger partial charge in [0.15, 0.2) is 17.5 Å². The zero-order valence-corrected chi connectivity index (χ0v) is 37.1. The van der Waals surface area contributed by atoms with E-state index in [4.69, 9.17) is 15.0 Å². The molecule has 2 aromatic heterocycles. The van der Waals surface area contributed by atoms with Crippen molar-refractivity contribution in [3.8, 4) is 84.4 Å². The fourth-order valence-corrected chi connectivity index (χ4v) is 9.79. The van der Waals surface area contributed by atoms with Crippen molar-refractivity contribution in [1.82, 2.24) is 19.5 Å². The lowest BCUT2D eigenvalue weighted by atomic mass is 9.94. The van der Waals surface area contributed by atoms with Gasteiger partial charge in [-0.25, -0.2) is 15.0 Å². The van der Waals surface area contributed by atoms with Crippen molar-refractivity contribution in [3.63, 3.8) is 0 Å². The Morgan fingerprint density at radius 1 is 0.358 bits per heavy atom. The fourth-order valence-electron chi connectivity index (χ4n) is 9.79. The first-order valence-corrected chi connectivity index (χ1v) is 23.3. The zero-order chi connectivity index (χ0) is 44.5. The van der Waals surface area contributed by atoms with E-state index in [-0.39, 0.29) is 0 Å². The Morgan fingerprint density at radius 2 is 0.836 bits per heavy atom. The predicted octanol–water partition coefficient (Wildman–Crippen LogP) is 16.2. The van der Waals surface area contributed by atoms with Crippen LogP contribution in [0.3, 0.4) is 0 Å². The molecule has 0 amide bonds. The van der Waals surface area contributed by atoms with E-state index in [1.807, 2.05) is 0 Å². The molecule has 0 atom stereocenters. The van der Waals surface area contributed by atoms with Gasteiger partial charge in [0.05, 0.1) is 5.52 Å². The highest BCUT2D eigenvalue weighted by atomic mass is 15.0. The molecule has 0 N–H and O–H groups in total. The number of benzene rings is 8. The molecule has 0 saturated carbocycles. The van der Waals surface area contributed by atoms with Crippen LogP contribution in [0.1, 0.15) is 36.1 Å². The highest BCUT2D eigenvalue weighted by molar-refractivity contribution is 5.91. The molecule has 4 nitrogen and oxygen atoms in total. The quantitative estimate of drug-likeness (QED) is 0.145. The fraction of sp³-hybridized carbons (Fsp3) is 0.0635. The van der Waals surface area contributed by atoms with Crippen LogP contribution < -0.4 is 0 Å². The van der Waals surface area contributed by atoms with Crippen LogP contribution in [0.15, 0.2) is 224 Å². The molecule has 0 spiro atoms. The average Bonchev–Trinajstić information content (AvgIpc) is 3.76. The number of nitrogens with zero attached hydrogens (tertiary/aromatic N) is 4. The highest BCUT2D eigenvalue weighted by Gasteiger charge is 2.19. The van der Waals surface area contributed by atoms with Gasteiger partial charge in [-0.1, -0.05) is 182 Å². The second-order valence-electron chi connectivity index (χ2n) is 17.4.